The van der Waals surface area contributed by atoms with Crippen LogP contribution in [0.1, 0.15) is 24.0 Å². The van der Waals surface area contributed by atoms with E-state index in [2.05, 4.69) is 10.7 Å². The number of halogens is 2. The molecule has 0 bridgehead atoms. The third-order valence-corrected chi connectivity index (χ3v) is 2.96. The predicted octanol–water partition coefficient (Wildman–Crippen LogP) is 3.26. The van der Waals surface area contributed by atoms with Gasteiger partial charge in [0.2, 0.25) is 0 Å². The Balaban J connectivity index is 2.45. The van der Waals surface area contributed by atoms with Crippen LogP contribution in [0.2, 0.25) is 0 Å². The maximum atomic E-state index is 12.3. The smallest absolute Gasteiger partial charge is 0.387 e. The van der Waals surface area contributed by atoms with E-state index in [1.165, 1.54) is 0 Å². The van der Waals surface area contributed by atoms with E-state index in [9.17, 15) is 8.78 Å². The molecule has 1 aliphatic carbocycles. The number of ether oxygens (including phenoxy) is 1. The molecule has 1 fully saturated rings. The Bertz CT molecular complexity index is 442. The third kappa shape index (κ3) is 1.76. The number of terminal acetylenes is 1. The maximum absolute atomic E-state index is 12.3. The van der Waals surface area contributed by atoms with Gasteiger partial charge in [0.1, 0.15) is 5.75 Å². The van der Waals surface area contributed by atoms with Gasteiger partial charge < -0.3 is 4.74 Å². The Morgan fingerprint density at radius 2 is 2.12 bits per heavy atom. The fourth-order valence-electron chi connectivity index (χ4n) is 1.89. The molecular formula is C13H12F2O. The van der Waals surface area contributed by atoms with Gasteiger partial charge in [-0.25, -0.2) is 0 Å². The average molecular weight is 222 g/mol. The van der Waals surface area contributed by atoms with E-state index in [0.717, 1.165) is 18.4 Å². The molecule has 0 amide bonds. The summed E-state index contributed by atoms with van der Waals surface area (Å²) in [5.74, 6) is 2.93. The van der Waals surface area contributed by atoms with Crippen molar-refractivity contribution < 1.29 is 13.5 Å². The summed E-state index contributed by atoms with van der Waals surface area (Å²) in [4.78, 5) is 0. The molecule has 2 rings (SSSR count). The molecule has 0 heterocycles. The molecule has 1 aromatic rings. The molecule has 0 spiro atoms. The second-order valence-corrected chi connectivity index (χ2v) is 4.06. The van der Waals surface area contributed by atoms with Gasteiger partial charge in [0.15, 0.2) is 0 Å². The van der Waals surface area contributed by atoms with Gasteiger partial charge in [-0.05, 0) is 25.3 Å². The first kappa shape index (κ1) is 10.9. The Kier molecular flexibility index (Phi) is 2.59. The van der Waals surface area contributed by atoms with Crippen molar-refractivity contribution in [1.29, 1.82) is 0 Å². The van der Waals surface area contributed by atoms with Crippen LogP contribution < -0.4 is 4.74 Å². The lowest BCUT2D eigenvalue weighted by Gasteiger charge is -2.16. The average Bonchev–Trinajstić information content (AvgIpc) is 3.01. The van der Waals surface area contributed by atoms with Crippen LogP contribution in [0, 0.1) is 19.3 Å². The zero-order valence-corrected chi connectivity index (χ0v) is 8.97. The summed E-state index contributed by atoms with van der Waals surface area (Å²) in [6, 6.07) is 5.34. The van der Waals surface area contributed by atoms with E-state index < -0.39 is 6.61 Å². The van der Waals surface area contributed by atoms with E-state index in [1.54, 1.807) is 19.1 Å². The van der Waals surface area contributed by atoms with E-state index in [-0.39, 0.29) is 11.2 Å². The van der Waals surface area contributed by atoms with Crippen molar-refractivity contribution in [3.05, 3.63) is 29.3 Å². The van der Waals surface area contributed by atoms with Crippen molar-refractivity contribution >= 4 is 0 Å². The number of alkyl halides is 2. The first-order valence-corrected chi connectivity index (χ1v) is 5.12. The fourth-order valence-corrected chi connectivity index (χ4v) is 1.89. The van der Waals surface area contributed by atoms with Gasteiger partial charge in [-0.3, -0.25) is 0 Å². The first-order chi connectivity index (χ1) is 7.59. The topological polar surface area (TPSA) is 9.23 Å². The number of aryl methyl sites for hydroxylation is 1. The summed E-state index contributed by atoms with van der Waals surface area (Å²) >= 11 is 0. The molecule has 0 unspecified atom stereocenters. The SMILES string of the molecule is C#CC1(c2cccc(C)c2OC(F)F)CC1. The number of benzene rings is 1. The lowest BCUT2D eigenvalue weighted by Crippen LogP contribution is -2.11. The Morgan fingerprint density at radius 3 is 2.62 bits per heavy atom. The summed E-state index contributed by atoms with van der Waals surface area (Å²) in [6.07, 6.45) is 7.14. The van der Waals surface area contributed by atoms with Gasteiger partial charge >= 0.3 is 6.61 Å². The molecule has 0 saturated heterocycles. The minimum absolute atomic E-state index is 0.243. The molecule has 1 aliphatic rings. The van der Waals surface area contributed by atoms with Crippen LogP contribution in [0.15, 0.2) is 18.2 Å². The van der Waals surface area contributed by atoms with Crippen LogP contribution in [0.25, 0.3) is 0 Å². The molecular weight excluding hydrogens is 210 g/mol. The highest BCUT2D eigenvalue weighted by Gasteiger charge is 2.45. The van der Waals surface area contributed by atoms with Crippen molar-refractivity contribution in [1.82, 2.24) is 0 Å². The van der Waals surface area contributed by atoms with Gasteiger partial charge in [-0.1, -0.05) is 24.1 Å². The zero-order chi connectivity index (χ0) is 11.8. The lowest BCUT2D eigenvalue weighted by molar-refractivity contribution is -0.0510. The van der Waals surface area contributed by atoms with Crippen molar-refractivity contribution in [2.24, 2.45) is 0 Å². The largest absolute Gasteiger partial charge is 0.434 e. The van der Waals surface area contributed by atoms with Crippen molar-refractivity contribution in [2.75, 3.05) is 0 Å². The van der Waals surface area contributed by atoms with Crippen LogP contribution in [0.4, 0.5) is 8.78 Å². The summed E-state index contributed by atoms with van der Waals surface area (Å²) in [7, 11) is 0. The Morgan fingerprint density at radius 1 is 1.44 bits per heavy atom. The van der Waals surface area contributed by atoms with E-state index >= 15 is 0 Å². The van der Waals surface area contributed by atoms with Crippen LogP contribution in [-0.4, -0.2) is 6.61 Å². The molecule has 0 radical (unpaired) electrons. The molecule has 0 atom stereocenters. The van der Waals surface area contributed by atoms with Crippen LogP contribution in [-0.2, 0) is 5.41 Å². The van der Waals surface area contributed by atoms with Gasteiger partial charge in [0.25, 0.3) is 0 Å². The highest BCUT2D eigenvalue weighted by atomic mass is 19.3. The van der Waals surface area contributed by atoms with Gasteiger partial charge in [-0.15, -0.1) is 6.42 Å². The maximum Gasteiger partial charge on any atom is 0.387 e. The van der Waals surface area contributed by atoms with Gasteiger partial charge in [-0.2, -0.15) is 8.78 Å². The van der Waals surface area contributed by atoms with Crippen molar-refractivity contribution in [3.63, 3.8) is 0 Å². The highest BCUT2D eigenvalue weighted by Crippen LogP contribution is 2.51. The predicted molar refractivity (Wildman–Crippen MR) is 57.6 cm³/mol. The summed E-state index contributed by atoms with van der Waals surface area (Å²) in [6.45, 7) is -1.07. The normalized spacial score (nSPS) is 16.9. The second-order valence-electron chi connectivity index (χ2n) is 4.06. The van der Waals surface area contributed by atoms with Crippen LogP contribution in [0.3, 0.4) is 0 Å². The van der Waals surface area contributed by atoms with Gasteiger partial charge in [0, 0.05) is 5.56 Å². The number of hydrogen-bond acceptors (Lipinski definition) is 1. The molecule has 84 valence electrons. The van der Waals surface area contributed by atoms with Gasteiger partial charge in [0.05, 0.1) is 5.41 Å². The molecule has 1 saturated carbocycles. The van der Waals surface area contributed by atoms with E-state index in [4.69, 9.17) is 6.42 Å². The molecule has 3 heteroatoms. The second kappa shape index (κ2) is 3.79. The van der Waals surface area contributed by atoms with E-state index in [1.807, 2.05) is 6.07 Å². The molecule has 1 aromatic carbocycles. The number of para-hydroxylation sites is 1. The Labute approximate surface area is 93.4 Å². The number of rotatable bonds is 3. The fraction of sp³-hybridized carbons (Fsp3) is 0.385. The minimum atomic E-state index is -2.81. The quantitative estimate of drug-likeness (QED) is 0.713. The Hall–Kier alpha value is -1.56. The molecule has 0 aliphatic heterocycles. The number of hydrogen-bond donors (Lipinski definition) is 0. The molecule has 16 heavy (non-hydrogen) atoms. The molecule has 0 N–H and O–H groups in total. The lowest BCUT2D eigenvalue weighted by atomic mass is 9.94. The van der Waals surface area contributed by atoms with Crippen LogP contribution >= 0.6 is 0 Å². The standard InChI is InChI=1S/C13H12F2O/c1-3-13(7-8-13)10-6-4-5-9(2)11(10)16-12(14)15/h1,4-6,12H,7-8H2,2H3. The summed E-state index contributed by atoms with van der Waals surface area (Å²) < 4.78 is 29.2. The van der Waals surface area contributed by atoms with Crippen molar-refractivity contribution in [2.45, 2.75) is 31.8 Å². The van der Waals surface area contributed by atoms with E-state index in [0.29, 0.717) is 5.56 Å². The molecule has 0 aromatic heterocycles. The summed E-state index contributed by atoms with van der Waals surface area (Å²) in [5.41, 5.74) is 1.03. The van der Waals surface area contributed by atoms with Crippen molar-refractivity contribution in [3.8, 4) is 18.1 Å². The van der Waals surface area contributed by atoms with Crippen LogP contribution in [0.5, 0.6) is 5.75 Å². The first-order valence-electron chi connectivity index (χ1n) is 5.12. The summed E-state index contributed by atoms with van der Waals surface area (Å²) in [5, 5.41) is 0. The third-order valence-electron chi connectivity index (χ3n) is 2.96. The molecule has 1 nitrogen and oxygen atoms in total. The minimum Gasteiger partial charge on any atom is -0.434 e. The zero-order valence-electron chi connectivity index (χ0n) is 8.97. The monoisotopic (exact) mass is 222 g/mol. The highest BCUT2D eigenvalue weighted by molar-refractivity contribution is 5.52.